The van der Waals surface area contributed by atoms with Crippen molar-refractivity contribution in [3.05, 3.63) is 52.9 Å². The summed E-state index contributed by atoms with van der Waals surface area (Å²) in [6, 6.07) is 9.34. The molecule has 88 valence electrons. The lowest BCUT2D eigenvalue weighted by molar-refractivity contribution is 0.271. The van der Waals surface area contributed by atoms with E-state index in [1.807, 2.05) is 24.3 Å². The van der Waals surface area contributed by atoms with E-state index in [0.717, 1.165) is 10.6 Å². The Kier molecular flexibility index (Phi) is 3.90. The summed E-state index contributed by atoms with van der Waals surface area (Å²) in [5.74, 6) is 1.10. The molecule has 0 fully saturated rings. The lowest BCUT2D eigenvalue weighted by Crippen LogP contribution is -2.03. The quantitative estimate of drug-likeness (QED) is 0.873. The molecule has 0 aliphatic rings. The van der Waals surface area contributed by atoms with E-state index in [-0.39, 0.29) is 6.61 Å². The molecule has 2 rings (SSSR count). The maximum absolute atomic E-state index is 8.91. The number of aliphatic hydroxyl groups is 1. The van der Waals surface area contributed by atoms with E-state index in [1.165, 1.54) is 0 Å². The molecule has 0 atom stereocenters. The van der Waals surface area contributed by atoms with E-state index in [0.29, 0.717) is 18.2 Å². The van der Waals surface area contributed by atoms with Crippen LogP contribution in [0.2, 0.25) is 5.02 Å². The first-order valence-corrected chi connectivity index (χ1v) is 5.57. The summed E-state index contributed by atoms with van der Waals surface area (Å²) in [4.78, 5) is 8.03. The van der Waals surface area contributed by atoms with Gasteiger partial charge in [0.25, 0.3) is 0 Å². The fourth-order valence-electron chi connectivity index (χ4n) is 1.37. The van der Waals surface area contributed by atoms with Gasteiger partial charge < -0.3 is 10.4 Å². The van der Waals surface area contributed by atoms with Crippen molar-refractivity contribution in [3.8, 4) is 0 Å². The third-order valence-electron chi connectivity index (χ3n) is 2.23. The number of halogens is 1. The number of hydrogen-bond acceptors (Lipinski definition) is 4. The van der Waals surface area contributed by atoms with Gasteiger partial charge in [0.15, 0.2) is 5.82 Å². The summed E-state index contributed by atoms with van der Waals surface area (Å²) in [5.41, 5.74) is 1.11. The van der Waals surface area contributed by atoms with Crippen LogP contribution in [0.5, 0.6) is 0 Å². The van der Waals surface area contributed by atoms with Crippen LogP contribution in [0, 0.1) is 0 Å². The van der Waals surface area contributed by atoms with Gasteiger partial charge in [-0.1, -0.05) is 23.7 Å². The third-order valence-corrected chi connectivity index (χ3v) is 2.49. The average Bonchev–Trinajstić information content (AvgIpc) is 2.38. The fraction of sp³-hybridized carbons (Fsp3) is 0.167. The lowest BCUT2D eigenvalue weighted by atomic mass is 10.2. The van der Waals surface area contributed by atoms with Crippen molar-refractivity contribution in [2.24, 2.45) is 0 Å². The zero-order chi connectivity index (χ0) is 12.1. The van der Waals surface area contributed by atoms with Crippen LogP contribution in [0.3, 0.4) is 0 Å². The van der Waals surface area contributed by atoms with Gasteiger partial charge >= 0.3 is 0 Å². The van der Waals surface area contributed by atoms with Crippen LogP contribution in [-0.2, 0) is 13.2 Å². The SMILES string of the molecule is OCc1nccc(NCc2ccc(Cl)cc2)n1. The Balaban J connectivity index is 1.99. The summed E-state index contributed by atoms with van der Waals surface area (Å²) in [6.45, 7) is 0.496. The number of anilines is 1. The first kappa shape index (κ1) is 11.8. The lowest BCUT2D eigenvalue weighted by Gasteiger charge is -2.06. The Morgan fingerprint density at radius 2 is 1.94 bits per heavy atom. The minimum atomic E-state index is -0.156. The highest BCUT2D eigenvalue weighted by Crippen LogP contribution is 2.11. The molecule has 0 aliphatic carbocycles. The zero-order valence-corrected chi connectivity index (χ0v) is 9.85. The van der Waals surface area contributed by atoms with Crippen LogP contribution in [0.1, 0.15) is 11.4 Å². The summed E-state index contributed by atoms with van der Waals surface area (Å²) in [5, 5.41) is 12.8. The topological polar surface area (TPSA) is 58.0 Å². The molecular formula is C12H12ClN3O. The van der Waals surface area contributed by atoms with Gasteiger partial charge in [-0.3, -0.25) is 0 Å². The average molecular weight is 250 g/mol. The van der Waals surface area contributed by atoms with Crippen LogP contribution < -0.4 is 5.32 Å². The number of benzene rings is 1. The number of hydrogen-bond donors (Lipinski definition) is 2. The van der Waals surface area contributed by atoms with Crippen LogP contribution >= 0.6 is 11.6 Å². The second kappa shape index (κ2) is 5.61. The van der Waals surface area contributed by atoms with Gasteiger partial charge in [-0.2, -0.15) is 0 Å². The Morgan fingerprint density at radius 3 is 2.65 bits per heavy atom. The molecule has 0 spiro atoms. The van der Waals surface area contributed by atoms with Crippen molar-refractivity contribution in [3.63, 3.8) is 0 Å². The van der Waals surface area contributed by atoms with Gasteiger partial charge in [-0.15, -0.1) is 0 Å². The van der Waals surface area contributed by atoms with E-state index in [1.54, 1.807) is 12.3 Å². The first-order valence-electron chi connectivity index (χ1n) is 5.19. The second-order valence-electron chi connectivity index (χ2n) is 3.50. The highest BCUT2D eigenvalue weighted by atomic mass is 35.5. The highest BCUT2D eigenvalue weighted by Gasteiger charge is 1.98. The van der Waals surface area contributed by atoms with Crippen LogP contribution in [0.15, 0.2) is 36.5 Å². The summed E-state index contributed by atoms with van der Waals surface area (Å²) >= 11 is 5.80. The minimum Gasteiger partial charge on any atom is -0.388 e. The van der Waals surface area contributed by atoms with Crippen molar-refractivity contribution in [2.45, 2.75) is 13.2 Å². The van der Waals surface area contributed by atoms with Crippen molar-refractivity contribution in [1.29, 1.82) is 0 Å². The molecule has 0 unspecified atom stereocenters. The van der Waals surface area contributed by atoms with Gasteiger partial charge in [0.1, 0.15) is 12.4 Å². The molecule has 0 aliphatic heterocycles. The minimum absolute atomic E-state index is 0.156. The number of nitrogens with zero attached hydrogens (tertiary/aromatic N) is 2. The zero-order valence-electron chi connectivity index (χ0n) is 9.10. The number of aliphatic hydroxyl groups excluding tert-OH is 1. The largest absolute Gasteiger partial charge is 0.388 e. The second-order valence-corrected chi connectivity index (χ2v) is 3.93. The van der Waals surface area contributed by atoms with E-state index < -0.39 is 0 Å². The first-order chi connectivity index (χ1) is 8.28. The van der Waals surface area contributed by atoms with Crippen molar-refractivity contribution in [2.75, 3.05) is 5.32 Å². The Bertz CT molecular complexity index is 487. The van der Waals surface area contributed by atoms with E-state index in [4.69, 9.17) is 16.7 Å². The molecule has 0 bridgehead atoms. The van der Waals surface area contributed by atoms with E-state index >= 15 is 0 Å². The van der Waals surface area contributed by atoms with Crippen molar-refractivity contribution >= 4 is 17.4 Å². The third kappa shape index (κ3) is 3.41. The molecule has 0 amide bonds. The smallest absolute Gasteiger partial charge is 0.156 e. The molecule has 2 N–H and O–H groups in total. The Hall–Kier alpha value is -1.65. The summed E-state index contributed by atoms with van der Waals surface area (Å²) < 4.78 is 0. The Morgan fingerprint density at radius 1 is 1.18 bits per heavy atom. The van der Waals surface area contributed by atoms with Gasteiger partial charge in [0, 0.05) is 17.8 Å². The predicted octanol–water partition coefficient (Wildman–Crippen LogP) is 2.23. The maximum Gasteiger partial charge on any atom is 0.156 e. The summed E-state index contributed by atoms with van der Waals surface area (Å²) in [6.07, 6.45) is 1.61. The van der Waals surface area contributed by atoms with Gasteiger partial charge in [0.05, 0.1) is 0 Å². The Labute approximate surface area is 104 Å². The normalized spacial score (nSPS) is 10.2. The van der Waals surface area contributed by atoms with E-state index in [2.05, 4.69) is 15.3 Å². The number of nitrogens with one attached hydrogen (secondary N) is 1. The van der Waals surface area contributed by atoms with E-state index in [9.17, 15) is 0 Å². The maximum atomic E-state index is 8.91. The van der Waals surface area contributed by atoms with Crippen molar-refractivity contribution < 1.29 is 5.11 Å². The highest BCUT2D eigenvalue weighted by molar-refractivity contribution is 6.30. The molecule has 1 aromatic carbocycles. The van der Waals surface area contributed by atoms with Crippen LogP contribution in [0.4, 0.5) is 5.82 Å². The molecule has 1 aromatic heterocycles. The standard InChI is InChI=1S/C12H12ClN3O/c13-10-3-1-9(2-4-10)7-15-11-5-6-14-12(8-17)16-11/h1-6,17H,7-8H2,(H,14,15,16). The number of aromatic nitrogens is 2. The van der Waals surface area contributed by atoms with Crippen LogP contribution in [-0.4, -0.2) is 15.1 Å². The molecule has 0 saturated heterocycles. The van der Waals surface area contributed by atoms with Crippen molar-refractivity contribution in [1.82, 2.24) is 9.97 Å². The van der Waals surface area contributed by atoms with Gasteiger partial charge in [-0.25, -0.2) is 9.97 Å². The molecular weight excluding hydrogens is 238 g/mol. The monoisotopic (exact) mass is 249 g/mol. The number of rotatable bonds is 4. The molecule has 2 aromatic rings. The summed E-state index contributed by atoms with van der Waals surface area (Å²) in [7, 11) is 0. The molecule has 17 heavy (non-hydrogen) atoms. The van der Waals surface area contributed by atoms with Crippen LogP contribution in [0.25, 0.3) is 0 Å². The predicted molar refractivity (Wildman–Crippen MR) is 66.7 cm³/mol. The fourth-order valence-corrected chi connectivity index (χ4v) is 1.49. The molecule has 0 saturated carbocycles. The van der Waals surface area contributed by atoms with Gasteiger partial charge in [0.2, 0.25) is 0 Å². The molecule has 1 heterocycles. The molecule has 0 radical (unpaired) electrons. The molecule has 4 nitrogen and oxygen atoms in total. The molecule has 5 heteroatoms. The van der Waals surface area contributed by atoms with Gasteiger partial charge in [-0.05, 0) is 23.8 Å².